The van der Waals surface area contributed by atoms with Gasteiger partial charge in [0.25, 0.3) is 0 Å². The summed E-state index contributed by atoms with van der Waals surface area (Å²) in [6.07, 6.45) is 11.2. The van der Waals surface area contributed by atoms with Crippen LogP contribution in [-0.4, -0.2) is 63.2 Å². The number of nitrogens with zero attached hydrogens (tertiary/aromatic N) is 2. The molecular weight excluding hydrogens is 366 g/mol. The minimum absolute atomic E-state index is 0.464. The molecule has 176 valence electrons. The van der Waals surface area contributed by atoms with Crippen molar-refractivity contribution in [2.24, 2.45) is 34.0 Å². The van der Waals surface area contributed by atoms with Crippen LogP contribution >= 0.6 is 0 Å². The number of rotatable bonds is 9. The number of nitrogens with one attached hydrogen (secondary N) is 1. The topological polar surface area (TPSA) is 18.5 Å². The van der Waals surface area contributed by atoms with Crippen LogP contribution in [0.15, 0.2) is 0 Å². The quantitative estimate of drug-likeness (QED) is 0.532. The monoisotopic (exact) mass is 419 g/mol. The highest BCUT2D eigenvalue weighted by Crippen LogP contribution is 2.49. The fraction of sp³-hybridized carbons (Fsp3) is 1.00. The second kappa shape index (κ2) is 9.79. The van der Waals surface area contributed by atoms with E-state index in [9.17, 15) is 0 Å². The van der Waals surface area contributed by atoms with Crippen molar-refractivity contribution >= 4 is 0 Å². The standard InChI is InChI=1S/C27H53N3/c1-25(2,23-9-8-17-29(6)20-23)12-14-27(5,22-10-16-28-19-22)15-13-26(3,4)24-11-18-30(7)21-24/h22-24,28H,8-21H2,1-7H3. The molecule has 0 radical (unpaired) electrons. The van der Waals surface area contributed by atoms with Gasteiger partial charge in [0.2, 0.25) is 0 Å². The lowest BCUT2D eigenvalue weighted by molar-refractivity contribution is 0.0575. The summed E-state index contributed by atoms with van der Waals surface area (Å²) >= 11 is 0. The van der Waals surface area contributed by atoms with Crippen LogP contribution in [0, 0.1) is 34.0 Å². The third-order valence-electron chi connectivity index (χ3n) is 9.95. The molecule has 0 aliphatic carbocycles. The van der Waals surface area contributed by atoms with Crippen LogP contribution in [-0.2, 0) is 0 Å². The van der Waals surface area contributed by atoms with Gasteiger partial charge in [-0.1, -0.05) is 34.6 Å². The first-order valence-corrected chi connectivity index (χ1v) is 13.1. The van der Waals surface area contributed by atoms with Crippen LogP contribution in [0.2, 0.25) is 0 Å². The van der Waals surface area contributed by atoms with Crippen LogP contribution in [0.3, 0.4) is 0 Å². The van der Waals surface area contributed by atoms with E-state index in [-0.39, 0.29) is 0 Å². The number of hydrogen-bond donors (Lipinski definition) is 1. The van der Waals surface area contributed by atoms with E-state index < -0.39 is 0 Å². The molecule has 3 nitrogen and oxygen atoms in total. The van der Waals surface area contributed by atoms with Gasteiger partial charge in [0.1, 0.15) is 0 Å². The Bertz CT molecular complexity index is 536. The van der Waals surface area contributed by atoms with Crippen LogP contribution in [0.25, 0.3) is 0 Å². The van der Waals surface area contributed by atoms with E-state index in [2.05, 4.69) is 63.8 Å². The third-order valence-corrected chi connectivity index (χ3v) is 9.95. The maximum absolute atomic E-state index is 3.69. The largest absolute Gasteiger partial charge is 0.316 e. The summed E-state index contributed by atoms with van der Waals surface area (Å²) in [5, 5.41) is 3.69. The predicted octanol–water partition coefficient (Wildman–Crippen LogP) is 5.51. The van der Waals surface area contributed by atoms with Crippen LogP contribution in [0.5, 0.6) is 0 Å². The zero-order valence-electron chi connectivity index (χ0n) is 21.5. The Kier molecular flexibility index (Phi) is 8.00. The van der Waals surface area contributed by atoms with Gasteiger partial charge in [-0.05, 0) is 126 Å². The van der Waals surface area contributed by atoms with E-state index in [0.717, 1.165) is 17.8 Å². The molecule has 30 heavy (non-hydrogen) atoms. The van der Waals surface area contributed by atoms with Gasteiger partial charge in [0.05, 0.1) is 0 Å². The summed E-state index contributed by atoms with van der Waals surface area (Å²) in [6.45, 7) is 20.6. The molecule has 3 heteroatoms. The Morgan fingerprint density at radius 3 is 1.77 bits per heavy atom. The van der Waals surface area contributed by atoms with Crippen molar-refractivity contribution in [1.82, 2.24) is 15.1 Å². The molecular formula is C27H53N3. The first-order valence-electron chi connectivity index (χ1n) is 13.1. The maximum Gasteiger partial charge on any atom is 0.00122 e. The van der Waals surface area contributed by atoms with Gasteiger partial charge in [0.15, 0.2) is 0 Å². The Hall–Kier alpha value is -0.120. The summed E-state index contributed by atoms with van der Waals surface area (Å²) in [4.78, 5) is 5.10. The van der Waals surface area contributed by atoms with Gasteiger partial charge >= 0.3 is 0 Å². The summed E-state index contributed by atoms with van der Waals surface area (Å²) in [5.41, 5.74) is 1.43. The van der Waals surface area contributed by atoms with E-state index in [4.69, 9.17) is 0 Å². The molecule has 0 saturated carbocycles. The first-order chi connectivity index (χ1) is 14.0. The number of likely N-dealkylation sites (tertiary alicyclic amines) is 2. The highest BCUT2D eigenvalue weighted by atomic mass is 15.1. The lowest BCUT2D eigenvalue weighted by Gasteiger charge is -2.45. The molecule has 3 heterocycles. The van der Waals surface area contributed by atoms with Gasteiger partial charge in [0, 0.05) is 13.1 Å². The van der Waals surface area contributed by atoms with Crippen molar-refractivity contribution in [2.75, 3.05) is 53.4 Å². The van der Waals surface area contributed by atoms with Gasteiger partial charge < -0.3 is 15.1 Å². The Morgan fingerprint density at radius 2 is 1.27 bits per heavy atom. The van der Waals surface area contributed by atoms with Crippen LogP contribution in [0.1, 0.15) is 86.0 Å². The van der Waals surface area contributed by atoms with Crippen molar-refractivity contribution in [2.45, 2.75) is 86.0 Å². The molecule has 3 rings (SSSR count). The summed E-state index contributed by atoms with van der Waals surface area (Å²) in [5.74, 6) is 2.61. The fourth-order valence-electron chi connectivity index (χ4n) is 6.78. The molecule has 3 aliphatic rings. The highest BCUT2D eigenvalue weighted by molar-refractivity contribution is 4.94. The van der Waals surface area contributed by atoms with Crippen LogP contribution in [0.4, 0.5) is 0 Å². The molecule has 0 amide bonds. The van der Waals surface area contributed by atoms with Gasteiger partial charge in [-0.15, -0.1) is 0 Å². The molecule has 3 fully saturated rings. The third kappa shape index (κ3) is 6.01. The fourth-order valence-corrected chi connectivity index (χ4v) is 6.78. The number of piperidine rings is 1. The van der Waals surface area contributed by atoms with E-state index in [0.29, 0.717) is 16.2 Å². The van der Waals surface area contributed by atoms with E-state index >= 15 is 0 Å². The molecule has 0 spiro atoms. The van der Waals surface area contributed by atoms with Crippen molar-refractivity contribution in [3.63, 3.8) is 0 Å². The Balaban J connectivity index is 1.63. The minimum atomic E-state index is 0.464. The van der Waals surface area contributed by atoms with Crippen molar-refractivity contribution in [3.8, 4) is 0 Å². The molecule has 3 aliphatic heterocycles. The average Bonchev–Trinajstić information content (AvgIpc) is 3.37. The molecule has 0 aromatic carbocycles. The van der Waals surface area contributed by atoms with E-state index in [1.807, 2.05) is 0 Å². The second-order valence-electron chi connectivity index (χ2n) is 13.2. The number of hydrogen-bond acceptors (Lipinski definition) is 3. The average molecular weight is 420 g/mol. The molecule has 4 atom stereocenters. The smallest absolute Gasteiger partial charge is 0.00122 e. The Morgan fingerprint density at radius 1 is 0.700 bits per heavy atom. The summed E-state index contributed by atoms with van der Waals surface area (Å²) < 4.78 is 0. The molecule has 4 unspecified atom stereocenters. The van der Waals surface area contributed by atoms with E-state index in [1.54, 1.807) is 0 Å². The van der Waals surface area contributed by atoms with Gasteiger partial charge in [-0.25, -0.2) is 0 Å². The zero-order chi connectivity index (χ0) is 22.0. The zero-order valence-corrected chi connectivity index (χ0v) is 21.5. The maximum atomic E-state index is 3.69. The molecule has 0 aromatic rings. The minimum Gasteiger partial charge on any atom is -0.316 e. The van der Waals surface area contributed by atoms with Gasteiger partial charge in [-0.2, -0.15) is 0 Å². The lowest BCUT2D eigenvalue weighted by Crippen LogP contribution is -2.41. The predicted molar refractivity (Wildman–Crippen MR) is 131 cm³/mol. The SMILES string of the molecule is CN1CCCC(C(C)(C)CCC(C)(CCC(C)(C)C2CCN(C)C2)C2CCNC2)C1. The molecule has 0 aromatic heterocycles. The molecule has 3 saturated heterocycles. The van der Waals surface area contributed by atoms with Crippen molar-refractivity contribution < 1.29 is 0 Å². The molecule has 1 N–H and O–H groups in total. The van der Waals surface area contributed by atoms with Crippen molar-refractivity contribution in [3.05, 3.63) is 0 Å². The normalized spacial score (nSPS) is 31.9. The molecule has 0 bridgehead atoms. The summed E-state index contributed by atoms with van der Waals surface area (Å²) in [7, 11) is 4.62. The lowest BCUT2D eigenvalue weighted by atomic mass is 9.62. The van der Waals surface area contributed by atoms with Gasteiger partial charge in [-0.3, -0.25) is 0 Å². The highest BCUT2D eigenvalue weighted by Gasteiger charge is 2.42. The van der Waals surface area contributed by atoms with E-state index in [1.165, 1.54) is 90.6 Å². The Labute approximate surface area is 188 Å². The first kappa shape index (κ1) is 24.5. The van der Waals surface area contributed by atoms with Crippen molar-refractivity contribution in [1.29, 1.82) is 0 Å². The van der Waals surface area contributed by atoms with Crippen LogP contribution < -0.4 is 5.32 Å². The second-order valence-corrected chi connectivity index (χ2v) is 13.2. The summed E-state index contributed by atoms with van der Waals surface area (Å²) in [6, 6.07) is 0.